The molecule has 0 amide bonds. The zero-order valence-corrected chi connectivity index (χ0v) is 14.9. The first kappa shape index (κ1) is 17.3. The lowest BCUT2D eigenvalue weighted by Gasteiger charge is -2.09. The second-order valence-electron chi connectivity index (χ2n) is 6.30. The van der Waals surface area contributed by atoms with Crippen molar-refractivity contribution in [1.29, 1.82) is 0 Å². The number of aryl methyl sites for hydroxylation is 1. The summed E-state index contributed by atoms with van der Waals surface area (Å²) in [5.41, 5.74) is 2.08. The topological polar surface area (TPSA) is 39.4 Å². The van der Waals surface area contributed by atoms with Gasteiger partial charge in [0.2, 0.25) is 5.43 Å². The first-order chi connectivity index (χ1) is 12.2. The van der Waals surface area contributed by atoms with Crippen LogP contribution < -0.4 is 10.2 Å². The molecule has 3 heteroatoms. The molecule has 0 radical (unpaired) electrons. The quantitative estimate of drug-likeness (QED) is 0.517. The van der Waals surface area contributed by atoms with Crippen LogP contribution in [0.3, 0.4) is 0 Å². The van der Waals surface area contributed by atoms with Crippen molar-refractivity contribution in [2.75, 3.05) is 6.61 Å². The van der Waals surface area contributed by atoms with Crippen LogP contribution in [0.2, 0.25) is 0 Å². The van der Waals surface area contributed by atoms with Crippen LogP contribution >= 0.6 is 0 Å². The summed E-state index contributed by atoms with van der Waals surface area (Å²) in [5.74, 6) is 1.38. The summed E-state index contributed by atoms with van der Waals surface area (Å²) >= 11 is 0. The summed E-state index contributed by atoms with van der Waals surface area (Å²) < 4.78 is 11.7. The Bertz CT molecular complexity index is 894. The van der Waals surface area contributed by atoms with Crippen molar-refractivity contribution in [3.63, 3.8) is 0 Å². The highest BCUT2D eigenvalue weighted by Gasteiger charge is 2.13. The molecule has 3 aromatic rings. The van der Waals surface area contributed by atoms with Crippen molar-refractivity contribution >= 4 is 11.0 Å². The standard InChI is InChI=1S/C22H24O3/c1-3-4-5-9-14-24-18-12-13-19-20(15-18)25-16(2)21(22(19)23)17-10-7-6-8-11-17/h6-8,10-13,15H,3-5,9,14H2,1-2H3. The van der Waals surface area contributed by atoms with E-state index < -0.39 is 0 Å². The van der Waals surface area contributed by atoms with Gasteiger partial charge in [0.15, 0.2) is 0 Å². The Hall–Kier alpha value is -2.55. The highest BCUT2D eigenvalue weighted by atomic mass is 16.5. The predicted molar refractivity (Wildman–Crippen MR) is 102 cm³/mol. The molecule has 1 aromatic heterocycles. The van der Waals surface area contributed by atoms with Crippen LogP contribution in [0.5, 0.6) is 5.75 Å². The van der Waals surface area contributed by atoms with E-state index in [1.165, 1.54) is 19.3 Å². The zero-order valence-electron chi connectivity index (χ0n) is 14.9. The first-order valence-corrected chi connectivity index (χ1v) is 8.96. The molecule has 25 heavy (non-hydrogen) atoms. The Labute approximate surface area is 148 Å². The third kappa shape index (κ3) is 3.93. The molecule has 3 rings (SSSR count). The summed E-state index contributed by atoms with van der Waals surface area (Å²) in [6.45, 7) is 4.72. The molecule has 0 N–H and O–H groups in total. The van der Waals surface area contributed by atoms with Gasteiger partial charge in [-0.15, -0.1) is 0 Å². The average Bonchev–Trinajstić information content (AvgIpc) is 2.62. The van der Waals surface area contributed by atoms with E-state index in [1.807, 2.05) is 49.4 Å². The molecule has 3 nitrogen and oxygen atoms in total. The highest BCUT2D eigenvalue weighted by Crippen LogP contribution is 2.26. The van der Waals surface area contributed by atoms with E-state index in [4.69, 9.17) is 9.15 Å². The summed E-state index contributed by atoms with van der Waals surface area (Å²) in [7, 11) is 0. The lowest BCUT2D eigenvalue weighted by Crippen LogP contribution is -2.07. The summed E-state index contributed by atoms with van der Waals surface area (Å²) in [4.78, 5) is 12.9. The van der Waals surface area contributed by atoms with Gasteiger partial charge >= 0.3 is 0 Å². The van der Waals surface area contributed by atoms with Crippen molar-refractivity contribution in [3.8, 4) is 16.9 Å². The van der Waals surface area contributed by atoms with Crippen LogP contribution in [-0.4, -0.2) is 6.61 Å². The fourth-order valence-corrected chi connectivity index (χ4v) is 3.03. The number of unbranched alkanes of at least 4 members (excludes halogenated alkanes) is 3. The minimum Gasteiger partial charge on any atom is -0.493 e. The molecule has 0 spiro atoms. The van der Waals surface area contributed by atoms with E-state index in [0.717, 1.165) is 17.7 Å². The summed E-state index contributed by atoms with van der Waals surface area (Å²) in [6, 6.07) is 15.1. The molecule has 1 heterocycles. The summed E-state index contributed by atoms with van der Waals surface area (Å²) in [6.07, 6.45) is 4.67. The van der Waals surface area contributed by atoms with Crippen molar-refractivity contribution in [2.45, 2.75) is 39.5 Å². The zero-order chi connectivity index (χ0) is 17.6. The normalized spacial score (nSPS) is 11.0. The van der Waals surface area contributed by atoms with Gasteiger partial charge in [-0.3, -0.25) is 4.79 Å². The number of fused-ring (bicyclic) bond motifs is 1. The molecule has 0 atom stereocenters. The second kappa shape index (κ2) is 8.02. The van der Waals surface area contributed by atoms with E-state index in [9.17, 15) is 4.79 Å². The minimum atomic E-state index is -0.000513. The van der Waals surface area contributed by atoms with Gasteiger partial charge < -0.3 is 9.15 Å². The molecule has 0 fully saturated rings. The Kier molecular flexibility index (Phi) is 5.54. The molecule has 0 aliphatic heterocycles. The molecule has 0 aliphatic rings. The SMILES string of the molecule is CCCCCCOc1ccc2c(=O)c(-c3ccccc3)c(C)oc2c1. The number of hydrogen-bond acceptors (Lipinski definition) is 3. The largest absolute Gasteiger partial charge is 0.493 e. The molecule has 0 saturated heterocycles. The molecular formula is C22H24O3. The minimum absolute atomic E-state index is 0.000513. The average molecular weight is 336 g/mol. The Morgan fingerprint density at radius 1 is 1.00 bits per heavy atom. The second-order valence-corrected chi connectivity index (χ2v) is 6.30. The van der Waals surface area contributed by atoms with Gasteiger partial charge in [0.05, 0.1) is 17.6 Å². The predicted octanol–water partition coefficient (Wildman–Crippen LogP) is 5.73. The van der Waals surface area contributed by atoms with Gasteiger partial charge in [-0.25, -0.2) is 0 Å². The van der Waals surface area contributed by atoms with Gasteiger partial charge in [-0.1, -0.05) is 56.5 Å². The van der Waals surface area contributed by atoms with E-state index in [0.29, 0.717) is 28.9 Å². The monoisotopic (exact) mass is 336 g/mol. The lowest BCUT2D eigenvalue weighted by molar-refractivity contribution is 0.305. The maximum absolute atomic E-state index is 12.9. The number of rotatable bonds is 7. The van der Waals surface area contributed by atoms with Crippen LogP contribution in [0.1, 0.15) is 38.4 Å². The van der Waals surface area contributed by atoms with Crippen molar-refractivity contribution in [3.05, 3.63) is 64.5 Å². The van der Waals surface area contributed by atoms with E-state index in [-0.39, 0.29) is 5.43 Å². The Morgan fingerprint density at radius 2 is 1.80 bits per heavy atom. The van der Waals surface area contributed by atoms with Crippen molar-refractivity contribution < 1.29 is 9.15 Å². The van der Waals surface area contributed by atoms with E-state index >= 15 is 0 Å². The van der Waals surface area contributed by atoms with Crippen LogP contribution in [0, 0.1) is 6.92 Å². The number of benzene rings is 2. The fraction of sp³-hybridized carbons (Fsp3) is 0.318. The smallest absolute Gasteiger partial charge is 0.200 e. The molecule has 130 valence electrons. The van der Waals surface area contributed by atoms with Crippen LogP contribution in [-0.2, 0) is 0 Å². The van der Waals surface area contributed by atoms with Gasteiger partial charge in [-0.05, 0) is 31.0 Å². The highest BCUT2D eigenvalue weighted by molar-refractivity contribution is 5.83. The van der Waals surface area contributed by atoms with E-state index in [1.54, 1.807) is 6.07 Å². The van der Waals surface area contributed by atoms with Crippen molar-refractivity contribution in [1.82, 2.24) is 0 Å². The molecular weight excluding hydrogens is 312 g/mol. The lowest BCUT2D eigenvalue weighted by atomic mass is 10.0. The van der Waals surface area contributed by atoms with Crippen LogP contribution in [0.15, 0.2) is 57.7 Å². The first-order valence-electron chi connectivity index (χ1n) is 8.96. The maximum atomic E-state index is 12.9. The van der Waals surface area contributed by atoms with Crippen LogP contribution in [0.4, 0.5) is 0 Å². The Morgan fingerprint density at radius 3 is 2.56 bits per heavy atom. The Balaban J connectivity index is 1.88. The van der Waals surface area contributed by atoms with Crippen LogP contribution in [0.25, 0.3) is 22.1 Å². The van der Waals surface area contributed by atoms with E-state index in [2.05, 4.69) is 6.92 Å². The molecule has 2 aromatic carbocycles. The fourth-order valence-electron chi connectivity index (χ4n) is 3.03. The van der Waals surface area contributed by atoms with Crippen molar-refractivity contribution in [2.24, 2.45) is 0 Å². The van der Waals surface area contributed by atoms with Gasteiger partial charge in [0.1, 0.15) is 17.1 Å². The number of ether oxygens (including phenoxy) is 1. The molecule has 0 unspecified atom stereocenters. The maximum Gasteiger partial charge on any atom is 0.200 e. The molecule has 0 saturated carbocycles. The third-order valence-electron chi connectivity index (χ3n) is 4.37. The molecule has 0 aliphatic carbocycles. The van der Waals surface area contributed by atoms with Gasteiger partial charge in [-0.2, -0.15) is 0 Å². The third-order valence-corrected chi connectivity index (χ3v) is 4.37. The van der Waals surface area contributed by atoms with Gasteiger partial charge in [0.25, 0.3) is 0 Å². The van der Waals surface area contributed by atoms with Gasteiger partial charge in [0, 0.05) is 6.07 Å². The summed E-state index contributed by atoms with van der Waals surface area (Å²) in [5, 5.41) is 0.586. The molecule has 0 bridgehead atoms. The number of hydrogen-bond donors (Lipinski definition) is 0.